The predicted octanol–water partition coefficient (Wildman–Crippen LogP) is 4.49. The highest BCUT2D eigenvalue weighted by Gasteiger charge is 2.47. The molecule has 0 spiro atoms. The van der Waals surface area contributed by atoms with E-state index in [9.17, 15) is 9.90 Å². The van der Waals surface area contributed by atoms with E-state index in [2.05, 4.69) is 21.0 Å². The molecule has 1 saturated heterocycles. The Bertz CT molecular complexity index is 833. The van der Waals surface area contributed by atoms with Crippen molar-refractivity contribution < 1.29 is 19.0 Å². The van der Waals surface area contributed by atoms with E-state index >= 15 is 4.39 Å². The van der Waals surface area contributed by atoms with Crippen LogP contribution < -0.4 is 4.74 Å². The molecule has 1 aromatic heterocycles. The topological polar surface area (TPSA) is 67.6 Å². The number of rotatable bonds is 2. The molecule has 3 atom stereocenters. The monoisotopic (exact) mass is 427 g/mol. The number of benzene rings is 1. The molecule has 1 aliphatic rings. The van der Waals surface area contributed by atoms with Gasteiger partial charge in [0.25, 0.3) is 0 Å². The van der Waals surface area contributed by atoms with Gasteiger partial charge in [-0.2, -0.15) is 5.10 Å². The van der Waals surface area contributed by atoms with Crippen LogP contribution in [0.2, 0.25) is 0 Å². The lowest BCUT2D eigenvalue weighted by Gasteiger charge is -2.46. The molecule has 1 N–H and O–H groups in total. The van der Waals surface area contributed by atoms with Crippen molar-refractivity contribution in [3.8, 4) is 5.75 Å². The lowest BCUT2D eigenvalue weighted by atomic mass is 9.78. The van der Waals surface area contributed by atoms with Gasteiger partial charge in [-0.15, -0.1) is 0 Å². The summed E-state index contributed by atoms with van der Waals surface area (Å²) >= 11 is 3.45. The molecule has 1 aromatic carbocycles. The minimum absolute atomic E-state index is 0.283. The van der Waals surface area contributed by atoms with Gasteiger partial charge in [-0.3, -0.25) is 4.68 Å². The van der Waals surface area contributed by atoms with E-state index in [4.69, 9.17) is 4.74 Å². The summed E-state index contributed by atoms with van der Waals surface area (Å²) in [6, 6.07) is 2.45. The number of piperidine rings is 1. The summed E-state index contributed by atoms with van der Waals surface area (Å²) in [4.78, 5) is 12.8. The highest BCUT2D eigenvalue weighted by molar-refractivity contribution is 9.10. The van der Waals surface area contributed by atoms with Crippen LogP contribution >= 0.6 is 15.9 Å². The van der Waals surface area contributed by atoms with E-state index < -0.39 is 29.8 Å². The summed E-state index contributed by atoms with van der Waals surface area (Å²) in [5.74, 6) is 0.660. The fraction of sp³-hybridized carbons (Fsp3) is 0.556. The Morgan fingerprint density at radius 1 is 1.42 bits per heavy atom. The Kier molecular flexibility index (Phi) is 4.90. The van der Waals surface area contributed by atoms with Gasteiger partial charge in [-0.1, -0.05) is 20.8 Å². The van der Waals surface area contributed by atoms with E-state index in [0.29, 0.717) is 17.7 Å². The third-order valence-electron chi connectivity index (χ3n) is 4.94. The zero-order valence-electron chi connectivity index (χ0n) is 15.2. The zero-order valence-corrected chi connectivity index (χ0v) is 16.8. The van der Waals surface area contributed by atoms with Crippen LogP contribution in [-0.2, 0) is 0 Å². The molecule has 0 aliphatic carbocycles. The maximum absolute atomic E-state index is 15.5. The number of amides is 1. The first-order valence-corrected chi connectivity index (χ1v) is 9.29. The van der Waals surface area contributed by atoms with Crippen molar-refractivity contribution in [2.75, 3.05) is 13.7 Å². The number of nitrogens with zero attached hydrogens (tertiary/aromatic N) is 3. The van der Waals surface area contributed by atoms with E-state index in [0.717, 1.165) is 9.86 Å². The maximum atomic E-state index is 15.5. The molecule has 3 rings (SSSR count). The maximum Gasteiger partial charge on any atom is 0.407 e. The molecule has 0 saturated carbocycles. The van der Waals surface area contributed by atoms with Crippen molar-refractivity contribution in [3.63, 3.8) is 0 Å². The number of carboxylic acid groups (broad SMARTS) is 1. The average molecular weight is 428 g/mol. The van der Waals surface area contributed by atoms with Gasteiger partial charge in [0, 0.05) is 24.2 Å². The number of hydrogen-bond donors (Lipinski definition) is 1. The van der Waals surface area contributed by atoms with Crippen LogP contribution in [0.1, 0.15) is 33.2 Å². The molecule has 2 aromatic rings. The second-order valence-electron chi connectivity index (χ2n) is 7.74. The van der Waals surface area contributed by atoms with Crippen molar-refractivity contribution >= 4 is 32.9 Å². The number of likely N-dealkylation sites (tertiary alicyclic amines) is 1. The van der Waals surface area contributed by atoms with Crippen molar-refractivity contribution in [3.05, 3.63) is 22.8 Å². The van der Waals surface area contributed by atoms with Gasteiger partial charge < -0.3 is 14.7 Å². The van der Waals surface area contributed by atoms with Crippen molar-refractivity contribution in [2.45, 2.75) is 45.4 Å². The molecule has 8 heteroatoms. The van der Waals surface area contributed by atoms with Gasteiger partial charge in [0.05, 0.1) is 29.2 Å². The molecule has 1 unspecified atom stereocenters. The predicted molar refractivity (Wildman–Crippen MR) is 101 cm³/mol. The fourth-order valence-electron chi connectivity index (χ4n) is 3.76. The summed E-state index contributed by atoms with van der Waals surface area (Å²) < 4.78 is 23.2. The van der Waals surface area contributed by atoms with Gasteiger partial charge >= 0.3 is 6.09 Å². The Balaban J connectivity index is 1.99. The number of carbonyl (C=O) groups is 1. The largest absolute Gasteiger partial charge is 0.495 e. The highest BCUT2D eigenvalue weighted by Crippen LogP contribution is 2.39. The molecule has 2 heterocycles. The quantitative estimate of drug-likeness (QED) is 0.766. The smallest absolute Gasteiger partial charge is 0.407 e. The van der Waals surface area contributed by atoms with Crippen LogP contribution in [0.25, 0.3) is 10.9 Å². The van der Waals surface area contributed by atoms with Gasteiger partial charge in [0.15, 0.2) is 0 Å². The second kappa shape index (κ2) is 6.72. The minimum Gasteiger partial charge on any atom is -0.495 e. The summed E-state index contributed by atoms with van der Waals surface area (Å²) in [6.45, 7) is 5.88. The van der Waals surface area contributed by atoms with Crippen LogP contribution in [0, 0.1) is 5.41 Å². The van der Waals surface area contributed by atoms with Crippen LogP contribution in [0.4, 0.5) is 9.18 Å². The zero-order chi connectivity index (χ0) is 19.2. The lowest BCUT2D eigenvalue weighted by Crippen LogP contribution is -2.58. The molecule has 142 valence electrons. The highest BCUT2D eigenvalue weighted by atomic mass is 79.9. The van der Waals surface area contributed by atoms with E-state index in [-0.39, 0.29) is 6.54 Å². The van der Waals surface area contributed by atoms with Crippen molar-refractivity contribution in [1.82, 2.24) is 14.7 Å². The van der Waals surface area contributed by atoms with Gasteiger partial charge in [-0.05, 0) is 33.8 Å². The Morgan fingerprint density at radius 2 is 2.12 bits per heavy atom. The molecule has 1 amide bonds. The van der Waals surface area contributed by atoms with Crippen LogP contribution in [0.15, 0.2) is 22.8 Å². The third kappa shape index (κ3) is 3.26. The number of methoxy groups -OCH3 is 1. The molecule has 26 heavy (non-hydrogen) atoms. The molecule has 6 nitrogen and oxygen atoms in total. The first-order chi connectivity index (χ1) is 12.1. The van der Waals surface area contributed by atoms with Crippen LogP contribution in [-0.4, -0.2) is 51.7 Å². The van der Waals surface area contributed by atoms with E-state index in [1.807, 2.05) is 33.0 Å². The number of hydrogen-bond acceptors (Lipinski definition) is 3. The third-order valence-corrected chi connectivity index (χ3v) is 5.56. The van der Waals surface area contributed by atoms with Crippen molar-refractivity contribution in [2.24, 2.45) is 5.41 Å². The SMILES string of the molecule is COc1cc2nn([C@H]3CCN(C(=O)O)C(C(C)(C)C)[C@@H]3F)cc2cc1Br. The number of halogens is 2. The van der Waals surface area contributed by atoms with E-state index in [1.165, 1.54) is 4.90 Å². The van der Waals surface area contributed by atoms with E-state index in [1.54, 1.807) is 17.9 Å². The van der Waals surface area contributed by atoms with Gasteiger partial charge in [0.2, 0.25) is 0 Å². The van der Waals surface area contributed by atoms with Gasteiger partial charge in [-0.25, -0.2) is 9.18 Å². The van der Waals surface area contributed by atoms with Crippen molar-refractivity contribution in [1.29, 1.82) is 0 Å². The summed E-state index contributed by atoms with van der Waals surface area (Å²) in [6.07, 6.45) is -0.232. The normalized spacial score (nSPS) is 24.1. The standard InChI is InChI=1S/C18H23BrFN3O3/c1-18(2,3)16-15(20)13(5-6-22(16)17(24)25)23-9-10-7-11(19)14(26-4)8-12(10)21-23/h7-9,13,15-16H,5-6H2,1-4H3,(H,24,25)/t13-,15+,16?/m0/s1. The molecular formula is C18H23BrFN3O3. The second-order valence-corrected chi connectivity index (χ2v) is 8.60. The first kappa shape index (κ1) is 18.9. The number of fused-ring (bicyclic) bond motifs is 1. The summed E-state index contributed by atoms with van der Waals surface area (Å²) in [5.41, 5.74) is 0.195. The Hall–Kier alpha value is -1.83. The minimum atomic E-state index is -1.35. The fourth-order valence-corrected chi connectivity index (χ4v) is 4.28. The Morgan fingerprint density at radius 3 is 2.69 bits per heavy atom. The first-order valence-electron chi connectivity index (χ1n) is 8.49. The molecule has 0 radical (unpaired) electrons. The Labute approximate surface area is 160 Å². The number of ether oxygens (including phenoxy) is 1. The lowest BCUT2D eigenvalue weighted by molar-refractivity contribution is -0.0205. The summed E-state index contributed by atoms with van der Waals surface area (Å²) in [7, 11) is 1.58. The summed E-state index contributed by atoms with van der Waals surface area (Å²) in [5, 5.41) is 14.9. The van der Waals surface area contributed by atoms with Crippen LogP contribution in [0.5, 0.6) is 5.75 Å². The molecule has 1 aliphatic heterocycles. The number of aromatic nitrogens is 2. The molecular weight excluding hydrogens is 405 g/mol. The molecule has 0 bridgehead atoms. The average Bonchev–Trinajstić information content (AvgIpc) is 2.94. The van der Waals surface area contributed by atoms with Crippen LogP contribution in [0.3, 0.4) is 0 Å². The van der Waals surface area contributed by atoms with Gasteiger partial charge in [0.1, 0.15) is 11.9 Å². The number of alkyl halides is 1. The molecule has 1 fully saturated rings.